The molecular weight excluding hydrogens is 338 g/mol. The highest BCUT2D eigenvalue weighted by Gasteiger charge is 2.20. The molecule has 7 nitrogen and oxygen atoms in total. The summed E-state index contributed by atoms with van der Waals surface area (Å²) < 4.78 is 1.74. The Bertz CT molecular complexity index is 734. The summed E-state index contributed by atoms with van der Waals surface area (Å²) in [7, 11) is 1.44. The summed E-state index contributed by atoms with van der Waals surface area (Å²) in [6.07, 6.45) is 1.55. The van der Waals surface area contributed by atoms with E-state index in [1.165, 1.54) is 18.8 Å². The van der Waals surface area contributed by atoms with Gasteiger partial charge in [-0.25, -0.2) is 4.79 Å². The van der Waals surface area contributed by atoms with E-state index in [1.54, 1.807) is 23.9 Å². The van der Waals surface area contributed by atoms with E-state index in [0.29, 0.717) is 10.2 Å². The number of urea groups is 1. The number of hydrogen-bond acceptors (Lipinski definition) is 5. The Morgan fingerprint density at radius 2 is 2.13 bits per heavy atom. The first-order valence-corrected chi connectivity index (χ1v) is 8.04. The normalized spacial score (nSPS) is 11.8. The third-order valence-corrected chi connectivity index (χ3v) is 4.53. The number of halogens is 1. The Balaban J connectivity index is 2.16. The number of aromatic nitrogens is 3. The number of nitrogens with one attached hydrogen (secondary N) is 2. The molecule has 23 heavy (non-hydrogen) atoms. The Kier molecular flexibility index (Phi) is 5.62. The highest BCUT2D eigenvalue weighted by Crippen LogP contribution is 2.26. The van der Waals surface area contributed by atoms with Crippen molar-refractivity contribution in [2.45, 2.75) is 24.3 Å². The molecule has 1 atom stereocenters. The van der Waals surface area contributed by atoms with Crippen LogP contribution in [-0.2, 0) is 4.79 Å². The topological polar surface area (TPSA) is 88.9 Å². The van der Waals surface area contributed by atoms with Crippen molar-refractivity contribution in [1.82, 2.24) is 25.4 Å². The molecule has 0 spiro atoms. The van der Waals surface area contributed by atoms with Crippen LogP contribution in [-0.4, -0.2) is 39.0 Å². The van der Waals surface area contributed by atoms with Crippen LogP contribution in [0.1, 0.15) is 12.5 Å². The van der Waals surface area contributed by atoms with Crippen LogP contribution in [0.4, 0.5) is 4.79 Å². The van der Waals surface area contributed by atoms with Gasteiger partial charge in [0.25, 0.3) is 0 Å². The first-order valence-electron chi connectivity index (χ1n) is 6.78. The molecule has 0 aliphatic carbocycles. The summed E-state index contributed by atoms with van der Waals surface area (Å²) in [4.78, 5) is 23.1. The fourth-order valence-electron chi connectivity index (χ4n) is 1.70. The smallest absolute Gasteiger partial charge is 0.321 e. The number of amides is 3. The summed E-state index contributed by atoms with van der Waals surface area (Å²) in [6, 6.07) is 5.05. The minimum absolute atomic E-state index is 0.411. The van der Waals surface area contributed by atoms with Crippen LogP contribution in [0.15, 0.2) is 29.7 Å². The lowest BCUT2D eigenvalue weighted by Gasteiger charge is -2.12. The average Bonchev–Trinajstić information content (AvgIpc) is 2.97. The van der Waals surface area contributed by atoms with Crippen molar-refractivity contribution in [2.75, 3.05) is 7.05 Å². The van der Waals surface area contributed by atoms with E-state index in [1.807, 2.05) is 19.1 Å². The van der Waals surface area contributed by atoms with Gasteiger partial charge in [0, 0.05) is 12.1 Å². The predicted octanol–water partition coefficient (Wildman–Crippen LogP) is 2.17. The summed E-state index contributed by atoms with van der Waals surface area (Å²) in [5.41, 5.74) is 1.77. The molecule has 3 amide bonds. The maximum atomic E-state index is 11.9. The number of carbonyl (C=O) groups is 2. The van der Waals surface area contributed by atoms with Gasteiger partial charge in [0.05, 0.1) is 10.9 Å². The van der Waals surface area contributed by atoms with Gasteiger partial charge in [-0.05, 0) is 31.5 Å². The van der Waals surface area contributed by atoms with Gasteiger partial charge in [0.2, 0.25) is 5.91 Å². The number of imide groups is 1. The fraction of sp³-hybridized carbons (Fsp3) is 0.286. The maximum Gasteiger partial charge on any atom is 0.321 e. The van der Waals surface area contributed by atoms with Gasteiger partial charge in [0.15, 0.2) is 5.16 Å². The van der Waals surface area contributed by atoms with Crippen LogP contribution in [0.25, 0.3) is 5.69 Å². The lowest BCUT2D eigenvalue weighted by atomic mass is 10.2. The van der Waals surface area contributed by atoms with E-state index in [9.17, 15) is 9.59 Å². The Labute approximate surface area is 142 Å². The zero-order chi connectivity index (χ0) is 17.0. The SMILES string of the molecule is CNC(=O)NC(=O)[C@H](C)Sc1nncn1-c1ccc(C)c(Cl)c1. The Hall–Kier alpha value is -2.06. The third-order valence-electron chi connectivity index (χ3n) is 3.07. The van der Waals surface area contributed by atoms with Crippen LogP contribution in [0.5, 0.6) is 0 Å². The standard InChI is InChI=1S/C14H16ClN5O2S/c1-8-4-5-10(6-11(8)15)20-7-17-19-14(20)23-9(2)12(21)18-13(22)16-3/h4-7,9H,1-3H3,(H2,16,18,21,22)/t9-/m0/s1. The number of hydrogen-bond donors (Lipinski definition) is 2. The molecule has 0 aliphatic rings. The molecule has 122 valence electrons. The van der Waals surface area contributed by atoms with Crippen LogP contribution in [0.3, 0.4) is 0 Å². The molecule has 1 heterocycles. The fourth-order valence-corrected chi connectivity index (χ4v) is 2.72. The Morgan fingerprint density at radius 3 is 2.78 bits per heavy atom. The van der Waals surface area contributed by atoms with Crippen molar-refractivity contribution >= 4 is 35.3 Å². The molecule has 0 aliphatic heterocycles. The van der Waals surface area contributed by atoms with E-state index < -0.39 is 17.2 Å². The minimum Gasteiger partial charge on any atom is -0.341 e. The molecule has 0 bridgehead atoms. The van der Waals surface area contributed by atoms with Crippen molar-refractivity contribution < 1.29 is 9.59 Å². The molecule has 0 saturated heterocycles. The molecule has 1 aromatic carbocycles. The summed E-state index contributed by atoms with van der Waals surface area (Å²) >= 11 is 7.34. The molecule has 0 unspecified atom stereocenters. The lowest BCUT2D eigenvalue weighted by Crippen LogP contribution is -2.41. The van der Waals surface area contributed by atoms with Gasteiger partial charge in [-0.15, -0.1) is 10.2 Å². The van der Waals surface area contributed by atoms with Crippen molar-refractivity contribution in [3.63, 3.8) is 0 Å². The third kappa shape index (κ3) is 4.23. The first-order chi connectivity index (χ1) is 10.9. The monoisotopic (exact) mass is 353 g/mol. The molecule has 0 radical (unpaired) electrons. The molecule has 2 rings (SSSR count). The number of carbonyl (C=O) groups excluding carboxylic acids is 2. The van der Waals surface area contributed by atoms with E-state index in [-0.39, 0.29) is 0 Å². The van der Waals surface area contributed by atoms with Crippen LogP contribution >= 0.6 is 23.4 Å². The van der Waals surface area contributed by atoms with Crippen LogP contribution in [0.2, 0.25) is 5.02 Å². The van der Waals surface area contributed by atoms with E-state index in [0.717, 1.165) is 11.3 Å². The lowest BCUT2D eigenvalue weighted by molar-refractivity contribution is -0.119. The molecule has 2 N–H and O–H groups in total. The Morgan fingerprint density at radius 1 is 1.39 bits per heavy atom. The largest absolute Gasteiger partial charge is 0.341 e. The second-order valence-electron chi connectivity index (χ2n) is 4.75. The molecule has 0 saturated carbocycles. The van der Waals surface area contributed by atoms with Crippen molar-refractivity contribution in [1.29, 1.82) is 0 Å². The van der Waals surface area contributed by atoms with Gasteiger partial charge in [0.1, 0.15) is 6.33 Å². The number of benzene rings is 1. The molecular formula is C14H16ClN5O2S. The van der Waals surface area contributed by atoms with Gasteiger partial charge in [-0.1, -0.05) is 29.4 Å². The number of rotatable bonds is 4. The zero-order valence-corrected chi connectivity index (χ0v) is 14.4. The summed E-state index contributed by atoms with van der Waals surface area (Å²) in [5.74, 6) is -0.411. The van der Waals surface area contributed by atoms with Gasteiger partial charge in [-0.2, -0.15) is 0 Å². The predicted molar refractivity (Wildman–Crippen MR) is 89.0 cm³/mol. The maximum absolute atomic E-state index is 11.9. The summed E-state index contributed by atoms with van der Waals surface area (Å²) in [6.45, 7) is 3.60. The van der Waals surface area contributed by atoms with Crippen LogP contribution < -0.4 is 10.6 Å². The molecule has 9 heteroatoms. The summed E-state index contributed by atoms with van der Waals surface area (Å²) in [5, 5.41) is 13.1. The van der Waals surface area contributed by atoms with Gasteiger partial charge in [-0.3, -0.25) is 14.7 Å². The second kappa shape index (κ2) is 7.47. The van der Waals surface area contributed by atoms with Crippen LogP contribution in [0, 0.1) is 6.92 Å². The van der Waals surface area contributed by atoms with E-state index in [2.05, 4.69) is 20.8 Å². The number of thioether (sulfide) groups is 1. The van der Waals surface area contributed by atoms with Crippen molar-refractivity contribution in [3.8, 4) is 5.69 Å². The van der Waals surface area contributed by atoms with Crippen molar-refractivity contribution in [3.05, 3.63) is 35.1 Å². The highest BCUT2D eigenvalue weighted by atomic mass is 35.5. The molecule has 2 aromatic rings. The number of nitrogens with zero attached hydrogens (tertiary/aromatic N) is 3. The molecule has 0 fully saturated rings. The number of aryl methyl sites for hydroxylation is 1. The average molecular weight is 354 g/mol. The van der Waals surface area contributed by atoms with Gasteiger partial charge < -0.3 is 5.32 Å². The first kappa shape index (κ1) is 17.3. The highest BCUT2D eigenvalue weighted by molar-refractivity contribution is 8.00. The second-order valence-corrected chi connectivity index (χ2v) is 6.46. The van der Waals surface area contributed by atoms with E-state index in [4.69, 9.17) is 11.6 Å². The van der Waals surface area contributed by atoms with E-state index >= 15 is 0 Å². The zero-order valence-electron chi connectivity index (χ0n) is 12.8. The molecule has 1 aromatic heterocycles. The minimum atomic E-state index is -0.547. The van der Waals surface area contributed by atoms with Crippen molar-refractivity contribution in [2.24, 2.45) is 0 Å². The van der Waals surface area contributed by atoms with Gasteiger partial charge >= 0.3 is 6.03 Å². The quantitative estimate of drug-likeness (QED) is 0.822.